The number of piperidine rings is 1. The number of rotatable bonds is 2. The highest BCUT2D eigenvalue weighted by molar-refractivity contribution is 9.10. The molecule has 1 saturated carbocycles. The highest BCUT2D eigenvalue weighted by Crippen LogP contribution is 2.31. The van der Waals surface area contributed by atoms with E-state index < -0.39 is 0 Å². The first kappa shape index (κ1) is 12.4. The van der Waals surface area contributed by atoms with E-state index >= 15 is 0 Å². The first-order valence-electron chi connectivity index (χ1n) is 7.01. The van der Waals surface area contributed by atoms with E-state index in [1.165, 1.54) is 6.42 Å². The van der Waals surface area contributed by atoms with Gasteiger partial charge in [-0.2, -0.15) is 0 Å². The maximum absolute atomic E-state index is 12.4. The number of hydrogen-bond acceptors (Lipinski definition) is 2. The fourth-order valence-corrected chi connectivity index (χ4v) is 3.91. The lowest BCUT2D eigenvalue weighted by Gasteiger charge is -2.24. The van der Waals surface area contributed by atoms with Crippen molar-refractivity contribution >= 4 is 27.4 Å². The molecule has 2 bridgehead atoms. The predicted molar refractivity (Wildman–Crippen MR) is 80.9 cm³/mol. The normalized spacial score (nSPS) is 28.1. The lowest BCUT2D eigenvalue weighted by Crippen LogP contribution is -2.47. The Balaban J connectivity index is 1.56. The molecule has 1 aliphatic carbocycles. The van der Waals surface area contributed by atoms with Gasteiger partial charge in [0.25, 0.3) is 5.91 Å². The standard InChI is InChI=1S/C15H16BrN3O/c16-14-4-3-11-2-1-10(8-19(11)14)15(20)18-13-6-9-5-12(13)17-7-9/h1-4,8-9,12-13,17H,5-7H2,(H,18,20). The molecule has 3 atom stereocenters. The maximum Gasteiger partial charge on any atom is 0.253 e. The fourth-order valence-electron chi connectivity index (χ4n) is 3.47. The fraction of sp³-hybridized carbons (Fsp3) is 0.400. The van der Waals surface area contributed by atoms with E-state index in [4.69, 9.17) is 0 Å². The summed E-state index contributed by atoms with van der Waals surface area (Å²) in [6, 6.07) is 8.61. The monoisotopic (exact) mass is 333 g/mol. The summed E-state index contributed by atoms with van der Waals surface area (Å²) in [7, 11) is 0. The Labute approximate surface area is 125 Å². The van der Waals surface area contributed by atoms with Crippen LogP contribution in [0.15, 0.2) is 35.1 Å². The second-order valence-corrected chi connectivity index (χ2v) is 6.61. The van der Waals surface area contributed by atoms with E-state index in [2.05, 4.69) is 26.6 Å². The van der Waals surface area contributed by atoms with E-state index in [0.29, 0.717) is 11.6 Å². The van der Waals surface area contributed by atoms with E-state index in [0.717, 1.165) is 29.0 Å². The van der Waals surface area contributed by atoms with Crippen molar-refractivity contribution in [3.8, 4) is 0 Å². The van der Waals surface area contributed by atoms with Crippen LogP contribution in [0.1, 0.15) is 23.2 Å². The zero-order chi connectivity index (χ0) is 13.7. The zero-order valence-corrected chi connectivity index (χ0v) is 12.6. The van der Waals surface area contributed by atoms with Gasteiger partial charge in [-0.25, -0.2) is 0 Å². The molecular weight excluding hydrogens is 318 g/mol. The predicted octanol–water partition coefficient (Wildman–Crippen LogP) is 2.18. The Hall–Kier alpha value is -1.33. The molecule has 5 heteroatoms. The summed E-state index contributed by atoms with van der Waals surface area (Å²) in [5.74, 6) is 0.762. The number of amides is 1. The number of nitrogens with zero attached hydrogens (tertiary/aromatic N) is 1. The highest BCUT2D eigenvalue weighted by Gasteiger charge is 2.40. The van der Waals surface area contributed by atoms with E-state index in [9.17, 15) is 4.79 Å². The zero-order valence-electron chi connectivity index (χ0n) is 11.0. The number of nitrogens with one attached hydrogen (secondary N) is 2. The topological polar surface area (TPSA) is 45.5 Å². The molecule has 3 heterocycles. The van der Waals surface area contributed by atoms with Crippen molar-refractivity contribution in [2.24, 2.45) is 5.92 Å². The second-order valence-electron chi connectivity index (χ2n) is 5.80. The van der Waals surface area contributed by atoms with Crippen LogP contribution in [0.25, 0.3) is 5.52 Å². The first-order valence-corrected chi connectivity index (χ1v) is 7.81. The van der Waals surface area contributed by atoms with Crippen molar-refractivity contribution in [3.63, 3.8) is 0 Å². The molecule has 0 aromatic carbocycles. The van der Waals surface area contributed by atoms with E-state index in [-0.39, 0.29) is 11.9 Å². The van der Waals surface area contributed by atoms with Gasteiger partial charge in [0.15, 0.2) is 0 Å². The van der Waals surface area contributed by atoms with E-state index in [1.54, 1.807) is 0 Å². The van der Waals surface area contributed by atoms with Crippen molar-refractivity contribution < 1.29 is 4.79 Å². The molecule has 104 valence electrons. The summed E-state index contributed by atoms with van der Waals surface area (Å²) in [6.45, 7) is 1.11. The van der Waals surface area contributed by atoms with Crippen molar-refractivity contribution in [1.82, 2.24) is 15.0 Å². The second kappa shape index (κ2) is 4.60. The average molecular weight is 334 g/mol. The molecule has 2 aromatic rings. The SMILES string of the molecule is O=C(NC1CC2CNC1C2)c1ccc2ccc(Br)n2c1. The molecule has 3 unspecified atom stereocenters. The van der Waals surface area contributed by atoms with Crippen LogP contribution in [0, 0.1) is 5.92 Å². The molecule has 1 saturated heterocycles. The third-order valence-electron chi connectivity index (χ3n) is 4.51. The lowest BCUT2D eigenvalue weighted by molar-refractivity contribution is 0.0928. The molecule has 2 aliphatic rings. The largest absolute Gasteiger partial charge is 0.348 e. The van der Waals surface area contributed by atoms with Gasteiger partial charge in [-0.3, -0.25) is 4.79 Å². The molecule has 4 rings (SSSR count). The van der Waals surface area contributed by atoms with Gasteiger partial charge in [0, 0.05) is 23.8 Å². The highest BCUT2D eigenvalue weighted by atomic mass is 79.9. The molecule has 0 radical (unpaired) electrons. The lowest BCUT2D eigenvalue weighted by atomic mass is 10.1. The summed E-state index contributed by atoms with van der Waals surface area (Å²) in [5, 5.41) is 6.64. The molecule has 20 heavy (non-hydrogen) atoms. The van der Waals surface area contributed by atoms with Gasteiger partial charge in [-0.05, 0) is 65.5 Å². The van der Waals surface area contributed by atoms with Crippen LogP contribution >= 0.6 is 15.9 Å². The number of carbonyl (C=O) groups is 1. The van der Waals surface area contributed by atoms with Gasteiger partial charge in [-0.1, -0.05) is 0 Å². The molecule has 2 aromatic heterocycles. The summed E-state index contributed by atoms with van der Waals surface area (Å²) in [6.07, 6.45) is 4.20. The Morgan fingerprint density at radius 2 is 2.15 bits per heavy atom. The van der Waals surface area contributed by atoms with Crippen LogP contribution in [0.4, 0.5) is 0 Å². The number of halogens is 1. The first-order chi connectivity index (χ1) is 9.70. The van der Waals surface area contributed by atoms with E-state index in [1.807, 2.05) is 34.9 Å². The maximum atomic E-state index is 12.4. The summed E-state index contributed by atoms with van der Waals surface area (Å²) in [4.78, 5) is 12.4. The van der Waals surface area contributed by atoms with Crippen LogP contribution in [-0.4, -0.2) is 28.9 Å². The molecule has 1 aliphatic heterocycles. The van der Waals surface area contributed by atoms with Gasteiger partial charge in [-0.15, -0.1) is 0 Å². The molecule has 1 amide bonds. The Kier molecular flexibility index (Phi) is 2.86. The number of aromatic nitrogens is 1. The van der Waals surface area contributed by atoms with Gasteiger partial charge < -0.3 is 15.0 Å². The molecule has 0 spiro atoms. The minimum atomic E-state index is 0.0202. The van der Waals surface area contributed by atoms with Crippen molar-refractivity contribution in [2.75, 3.05) is 6.54 Å². The van der Waals surface area contributed by atoms with Crippen LogP contribution < -0.4 is 10.6 Å². The minimum absolute atomic E-state index is 0.0202. The Morgan fingerprint density at radius 1 is 1.30 bits per heavy atom. The van der Waals surface area contributed by atoms with Crippen LogP contribution in [0.5, 0.6) is 0 Å². The summed E-state index contributed by atoms with van der Waals surface area (Å²) >= 11 is 3.49. The van der Waals surface area contributed by atoms with Gasteiger partial charge in [0.05, 0.1) is 10.2 Å². The molecule has 2 fully saturated rings. The minimum Gasteiger partial charge on any atom is -0.348 e. The van der Waals surface area contributed by atoms with Crippen LogP contribution in [0.2, 0.25) is 0 Å². The van der Waals surface area contributed by atoms with Gasteiger partial charge in [0.1, 0.15) is 0 Å². The van der Waals surface area contributed by atoms with Crippen LogP contribution in [-0.2, 0) is 0 Å². The number of hydrogen-bond donors (Lipinski definition) is 2. The number of carbonyl (C=O) groups excluding carboxylic acids is 1. The average Bonchev–Trinajstić information content (AvgIpc) is 3.15. The quantitative estimate of drug-likeness (QED) is 0.884. The summed E-state index contributed by atoms with van der Waals surface area (Å²) < 4.78 is 2.94. The summed E-state index contributed by atoms with van der Waals surface area (Å²) in [5.41, 5.74) is 1.78. The third kappa shape index (κ3) is 1.96. The van der Waals surface area contributed by atoms with Crippen LogP contribution in [0.3, 0.4) is 0 Å². The van der Waals surface area contributed by atoms with Crippen molar-refractivity contribution in [3.05, 3.63) is 40.6 Å². The number of fused-ring (bicyclic) bond motifs is 3. The van der Waals surface area contributed by atoms with Crippen molar-refractivity contribution in [2.45, 2.75) is 24.9 Å². The Morgan fingerprint density at radius 3 is 2.90 bits per heavy atom. The van der Waals surface area contributed by atoms with Crippen molar-refractivity contribution in [1.29, 1.82) is 0 Å². The number of pyridine rings is 1. The molecule has 2 N–H and O–H groups in total. The Bertz CT molecular complexity index is 681. The molecular formula is C15H16BrN3O. The van der Waals surface area contributed by atoms with Gasteiger partial charge >= 0.3 is 0 Å². The van der Waals surface area contributed by atoms with Gasteiger partial charge in [0.2, 0.25) is 0 Å². The smallest absolute Gasteiger partial charge is 0.253 e. The third-order valence-corrected chi connectivity index (χ3v) is 5.16. The molecule has 4 nitrogen and oxygen atoms in total.